The smallest absolute Gasteiger partial charge is 0.244 e. The number of nitrogens with zero attached hydrogens (tertiary/aromatic N) is 4. The summed E-state index contributed by atoms with van der Waals surface area (Å²) in [6.45, 7) is 3.07. The first-order valence-electron chi connectivity index (χ1n) is 8.92. The van der Waals surface area contributed by atoms with Crippen molar-refractivity contribution in [2.45, 2.75) is 13.3 Å². The van der Waals surface area contributed by atoms with Gasteiger partial charge in [0, 0.05) is 37.1 Å². The number of rotatable bonds is 8. The van der Waals surface area contributed by atoms with E-state index in [1.807, 2.05) is 37.3 Å². The van der Waals surface area contributed by atoms with Gasteiger partial charge in [0.1, 0.15) is 5.15 Å². The number of aryl methyl sites for hydroxylation is 1. The van der Waals surface area contributed by atoms with Gasteiger partial charge in [-0.25, -0.2) is 14.6 Å². The van der Waals surface area contributed by atoms with Gasteiger partial charge < -0.3 is 10.6 Å². The molecule has 2 aromatic heterocycles. The lowest BCUT2D eigenvalue weighted by molar-refractivity contribution is -0.116. The summed E-state index contributed by atoms with van der Waals surface area (Å²) in [5.41, 5.74) is 2.35. The van der Waals surface area contributed by atoms with E-state index >= 15 is 0 Å². The minimum atomic E-state index is -0.182. The number of halogens is 1. The van der Waals surface area contributed by atoms with Crippen LogP contribution in [0.2, 0.25) is 5.15 Å². The molecular formula is C20H21ClN6O. The molecule has 3 aromatic rings. The highest BCUT2D eigenvalue weighted by molar-refractivity contribution is 6.31. The standard InChI is InChI=1S/C20H21ClN6O/c1-15-17(19(21)27(26-15)16-7-3-2-4-8-16)9-10-18(28)22-11-5-12-23-20-24-13-6-14-25-20/h2-4,6-10,13-14H,5,11-12H2,1H3,(H,22,28)(H,23,24,25). The normalized spacial score (nSPS) is 10.9. The van der Waals surface area contributed by atoms with E-state index in [4.69, 9.17) is 11.6 Å². The van der Waals surface area contributed by atoms with Crippen LogP contribution < -0.4 is 10.6 Å². The zero-order valence-electron chi connectivity index (χ0n) is 15.5. The molecule has 2 heterocycles. The highest BCUT2D eigenvalue weighted by Crippen LogP contribution is 2.24. The summed E-state index contributed by atoms with van der Waals surface area (Å²) in [5.74, 6) is 0.396. The fourth-order valence-corrected chi connectivity index (χ4v) is 2.88. The van der Waals surface area contributed by atoms with Gasteiger partial charge in [-0.15, -0.1) is 0 Å². The molecule has 7 nitrogen and oxygen atoms in total. The number of benzene rings is 1. The maximum atomic E-state index is 12.0. The minimum absolute atomic E-state index is 0.182. The maximum Gasteiger partial charge on any atom is 0.244 e. The molecule has 0 aliphatic carbocycles. The first-order chi connectivity index (χ1) is 13.6. The van der Waals surface area contributed by atoms with Crippen LogP contribution in [0.1, 0.15) is 17.7 Å². The molecule has 0 aliphatic rings. The summed E-state index contributed by atoms with van der Waals surface area (Å²) < 4.78 is 1.66. The number of nitrogens with one attached hydrogen (secondary N) is 2. The molecule has 2 N–H and O–H groups in total. The van der Waals surface area contributed by atoms with Crippen molar-refractivity contribution in [3.8, 4) is 5.69 Å². The third kappa shape index (κ3) is 5.17. The summed E-state index contributed by atoms with van der Waals surface area (Å²) in [6, 6.07) is 11.4. The van der Waals surface area contributed by atoms with Crippen LogP contribution in [0.5, 0.6) is 0 Å². The van der Waals surface area contributed by atoms with Crippen LogP contribution in [0, 0.1) is 6.92 Å². The molecule has 3 rings (SSSR count). The zero-order chi connectivity index (χ0) is 19.8. The van der Waals surface area contributed by atoms with Crippen LogP contribution in [-0.2, 0) is 4.79 Å². The Kier molecular flexibility index (Phi) is 6.75. The number of carbonyl (C=O) groups excluding carboxylic acids is 1. The average Bonchev–Trinajstić information content (AvgIpc) is 3.01. The second kappa shape index (κ2) is 9.66. The van der Waals surface area contributed by atoms with Crippen LogP contribution in [0.4, 0.5) is 5.95 Å². The van der Waals surface area contributed by atoms with Crippen LogP contribution >= 0.6 is 11.6 Å². The van der Waals surface area contributed by atoms with Crippen molar-refractivity contribution in [3.63, 3.8) is 0 Å². The molecule has 8 heteroatoms. The zero-order valence-corrected chi connectivity index (χ0v) is 16.2. The molecule has 0 spiro atoms. The summed E-state index contributed by atoms with van der Waals surface area (Å²) in [5, 5.41) is 10.9. The molecule has 0 saturated heterocycles. The highest BCUT2D eigenvalue weighted by atomic mass is 35.5. The van der Waals surface area contributed by atoms with Gasteiger partial charge in [-0.1, -0.05) is 29.8 Å². The molecule has 0 bridgehead atoms. The van der Waals surface area contributed by atoms with Gasteiger partial charge in [-0.3, -0.25) is 4.79 Å². The molecule has 28 heavy (non-hydrogen) atoms. The van der Waals surface area contributed by atoms with Crippen molar-refractivity contribution < 1.29 is 4.79 Å². The molecular weight excluding hydrogens is 376 g/mol. The first kappa shape index (κ1) is 19.6. The van der Waals surface area contributed by atoms with Gasteiger partial charge in [0.25, 0.3) is 0 Å². The van der Waals surface area contributed by atoms with Crippen LogP contribution in [0.3, 0.4) is 0 Å². The quantitative estimate of drug-likeness (QED) is 0.451. The molecule has 1 aromatic carbocycles. The Bertz CT molecular complexity index is 940. The van der Waals surface area contributed by atoms with Crippen LogP contribution in [0.15, 0.2) is 54.9 Å². The summed E-state index contributed by atoms with van der Waals surface area (Å²) in [7, 11) is 0. The van der Waals surface area contributed by atoms with E-state index in [9.17, 15) is 4.79 Å². The monoisotopic (exact) mass is 396 g/mol. The minimum Gasteiger partial charge on any atom is -0.354 e. The number of amides is 1. The largest absolute Gasteiger partial charge is 0.354 e. The number of aromatic nitrogens is 4. The van der Waals surface area contributed by atoms with Crippen molar-refractivity contribution in [1.82, 2.24) is 25.1 Å². The topological polar surface area (TPSA) is 84.7 Å². The first-order valence-corrected chi connectivity index (χ1v) is 9.30. The molecule has 0 saturated carbocycles. The predicted molar refractivity (Wildman–Crippen MR) is 110 cm³/mol. The van der Waals surface area contributed by atoms with E-state index in [0.717, 1.165) is 23.4 Å². The Morgan fingerprint density at radius 1 is 1.14 bits per heavy atom. The summed E-state index contributed by atoms with van der Waals surface area (Å²) in [6.07, 6.45) is 7.27. The second-order valence-electron chi connectivity index (χ2n) is 6.01. The van der Waals surface area contributed by atoms with Gasteiger partial charge in [0.05, 0.1) is 11.4 Å². The van der Waals surface area contributed by atoms with E-state index in [1.165, 1.54) is 6.08 Å². The SMILES string of the molecule is Cc1nn(-c2ccccc2)c(Cl)c1C=CC(=O)NCCCNc1ncccn1. The third-order valence-corrected chi connectivity index (χ3v) is 4.32. The van der Waals surface area contributed by atoms with Crippen molar-refractivity contribution in [3.05, 3.63) is 71.3 Å². The lowest BCUT2D eigenvalue weighted by atomic mass is 10.2. The Balaban J connectivity index is 1.50. The van der Waals surface area contributed by atoms with E-state index in [-0.39, 0.29) is 5.91 Å². The third-order valence-electron chi connectivity index (χ3n) is 3.95. The molecule has 0 atom stereocenters. The summed E-state index contributed by atoms with van der Waals surface area (Å²) >= 11 is 6.45. The van der Waals surface area contributed by atoms with E-state index < -0.39 is 0 Å². The fourth-order valence-electron chi connectivity index (χ4n) is 2.55. The maximum absolute atomic E-state index is 12.0. The van der Waals surface area contributed by atoms with Gasteiger partial charge in [0.15, 0.2) is 0 Å². The fraction of sp³-hybridized carbons (Fsp3) is 0.200. The average molecular weight is 397 g/mol. The van der Waals surface area contributed by atoms with Crippen LogP contribution in [0.25, 0.3) is 11.8 Å². The van der Waals surface area contributed by atoms with Crippen molar-refractivity contribution >= 4 is 29.5 Å². The van der Waals surface area contributed by atoms with Gasteiger partial charge >= 0.3 is 0 Å². The van der Waals surface area contributed by atoms with Crippen molar-refractivity contribution in [2.75, 3.05) is 18.4 Å². The van der Waals surface area contributed by atoms with E-state index in [2.05, 4.69) is 25.7 Å². The predicted octanol–water partition coefficient (Wildman–Crippen LogP) is 3.26. The highest BCUT2D eigenvalue weighted by Gasteiger charge is 2.12. The molecule has 1 amide bonds. The number of anilines is 1. The number of carbonyl (C=O) groups is 1. The molecule has 0 unspecified atom stereocenters. The molecule has 144 valence electrons. The molecule has 0 fully saturated rings. The van der Waals surface area contributed by atoms with E-state index in [0.29, 0.717) is 24.2 Å². The number of hydrogen-bond acceptors (Lipinski definition) is 5. The lowest BCUT2D eigenvalue weighted by Crippen LogP contribution is -2.24. The number of hydrogen-bond donors (Lipinski definition) is 2. The second-order valence-corrected chi connectivity index (χ2v) is 6.37. The Morgan fingerprint density at radius 2 is 1.89 bits per heavy atom. The summed E-state index contributed by atoms with van der Waals surface area (Å²) in [4.78, 5) is 20.2. The molecule has 0 aliphatic heterocycles. The number of para-hydroxylation sites is 1. The molecule has 0 radical (unpaired) electrons. The Labute approximate surface area is 168 Å². The Hall–Kier alpha value is -3.19. The van der Waals surface area contributed by atoms with E-state index in [1.54, 1.807) is 29.2 Å². The van der Waals surface area contributed by atoms with Crippen molar-refractivity contribution in [1.29, 1.82) is 0 Å². The lowest BCUT2D eigenvalue weighted by Gasteiger charge is -2.04. The van der Waals surface area contributed by atoms with Crippen molar-refractivity contribution in [2.24, 2.45) is 0 Å². The Morgan fingerprint density at radius 3 is 2.64 bits per heavy atom. The van der Waals surface area contributed by atoms with Gasteiger partial charge in [0.2, 0.25) is 11.9 Å². The van der Waals surface area contributed by atoms with Crippen LogP contribution in [-0.4, -0.2) is 38.7 Å². The van der Waals surface area contributed by atoms with Gasteiger partial charge in [-0.05, 0) is 37.6 Å². The van der Waals surface area contributed by atoms with Gasteiger partial charge in [-0.2, -0.15) is 5.10 Å².